The van der Waals surface area contributed by atoms with Gasteiger partial charge >= 0.3 is 0 Å². The molecule has 148 valence electrons. The molecule has 6 nitrogen and oxygen atoms in total. The van der Waals surface area contributed by atoms with E-state index >= 15 is 0 Å². The van der Waals surface area contributed by atoms with Crippen molar-refractivity contribution in [3.05, 3.63) is 53.1 Å². The molecule has 0 spiro atoms. The van der Waals surface area contributed by atoms with Gasteiger partial charge in [-0.3, -0.25) is 4.79 Å². The number of nitrogens with zero attached hydrogens (tertiary/aromatic N) is 2. The van der Waals surface area contributed by atoms with Crippen LogP contribution >= 0.6 is 23.4 Å². The zero-order valence-electron chi connectivity index (χ0n) is 15.0. The van der Waals surface area contributed by atoms with Gasteiger partial charge in [-0.2, -0.15) is 4.31 Å². The minimum absolute atomic E-state index is 0.0570. The lowest BCUT2D eigenvalue weighted by Crippen LogP contribution is -2.41. The fourth-order valence-corrected chi connectivity index (χ4v) is 5.83. The second-order valence-electron chi connectivity index (χ2n) is 6.54. The number of hydrogen-bond acceptors (Lipinski definition) is 5. The Morgan fingerprint density at radius 1 is 1.11 bits per heavy atom. The van der Waals surface area contributed by atoms with Crippen LogP contribution in [0.5, 0.6) is 0 Å². The van der Waals surface area contributed by atoms with E-state index in [1.165, 1.54) is 16.1 Å². The fraction of sp³-hybridized carbons (Fsp3) is 0.316. The molecule has 2 aliphatic heterocycles. The van der Waals surface area contributed by atoms with E-state index in [1.807, 2.05) is 18.2 Å². The van der Waals surface area contributed by atoms with Gasteiger partial charge in [0, 0.05) is 23.0 Å². The summed E-state index contributed by atoms with van der Waals surface area (Å²) in [4.78, 5) is 15.3. The highest BCUT2D eigenvalue weighted by molar-refractivity contribution is 8.00. The van der Waals surface area contributed by atoms with Crippen molar-refractivity contribution >= 4 is 45.0 Å². The van der Waals surface area contributed by atoms with Crippen molar-refractivity contribution in [2.24, 2.45) is 0 Å². The van der Waals surface area contributed by atoms with Crippen LogP contribution in [0.4, 0.5) is 5.69 Å². The zero-order chi connectivity index (χ0) is 19.7. The number of halogens is 1. The van der Waals surface area contributed by atoms with E-state index in [1.54, 1.807) is 29.2 Å². The molecule has 0 aliphatic carbocycles. The van der Waals surface area contributed by atoms with Crippen molar-refractivity contribution in [3.63, 3.8) is 0 Å². The lowest BCUT2D eigenvalue weighted by molar-refractivity contribution is -0.116. The van der Waals surface area contributed by atoms with Crippen LogP contribution < -0.4 is 4.90 Å². The van der Waals surface area contributed by atoms with Crippen LogP contribution in [-0.4, -0.2) is 50.7 Å². The Kier molecular flexibility index (Phi) is 5.66. The third kappa shape index (κ3) is 3.92. The summed E-state index contributed by atoms with van der Waals surface area (Å²) >= 11 is 7.49. The van der Waals surface area contributed by atoms with Gasteiger partial charge in [-0.15, -0.1) is 11.8 Å². The van der Waals surface area contributed by atoms with Crippen molar-refractivity contribution < 1.29 is 17.9 Å². The van der Waals surface area contributed by atoms with Gasteiger partial charge in [0.15, 0.2) is 0 Å². The summed E-state index contributed by atoms with van der Waals surface area (Å²) in [6, 6.07) is 12.3. The molecular weight excluding hydrogens is 420 g/mol. The number of morpholine rings is 1. The molecule has 0 saturated carbocycles. The van der Waals surface area contributed by atoms with Gasteiger partial charge in [0.2, 0.25) is 15.9 Å². The predicted octanol–water partition coefficient (Wildman–Crippen LogP) is 3.00. The number of anilines is 1. The second kappa shape index (κ2) is 8.04. The molecule has 4 rings (SSSR count). The summed E-state index contributed by atoms with van der Waals surface area (Å²) in [5, 5.41) is 0.597. The molecule has 9 heteroatoms. The molecule has 0 aromatic heterocycles. The van der Waals surface area contributed by atoms with Crippen molar-refractivity contribution in [2.45, 2.75) is 16.3 Å². The molecule has 1 fully saturated rings. The molecule has 2 aliphatic rings. The largest absolute Gasteiger partial charge is 0.379 e. The second-order valence-corrected chi connectivity index (χ2v) is 9.94. The number of carbonyl (C=O) groups excluding carboxylic acids is 1. The summed E-state index contributed by atoms with van der Waals surface area (Å²) in [5.41, 5.74) is 1.51. The Balaban J connectivity index is 1.69. The number of thioether (sulfide) groups is 1. The Morgan fingerprint density at radius 3 is 2.64 bits per heavy atom. The minimum atomic E-state index is -3.63. The SMILES string of the molecule is O=C1CSc2ccc(S(=O)(=O)N3CCOCC3)cc2N1Cc1cccc(Cl)c1. The fourth-order valence-electron chi connectivity index (χ4n) is 3.27. The monoisotopic (exact) mass is 438 g/mol. The molecule has 1 amide bonds. The first-order chi connectivity index (χ1) is 13.4. The number of fused-ring (bicyclic) bond motifs is 1. The number of rotatable bonds is 4. The van der Waals surface area contributed by atoms with E-state index in [4.69, 9.17) is 16.3 Å². The average Bonchev–Trinajstić information content (AvgIpc) is 2.70. The maximum absolute atomic E-state index is 13.0. The van der Waals surface area contributed by atoms with E-state index in [9.17, 15) is 13.2 Å². The molecule has 0 radical (unpaired) electrons. The van der Waals surface area contributed by atoms with Crippen LogP contribution in [0.3, 0.4) is 0 Å². The normalized spacial score (nSPS) is 18.2. The third-order valence-corrected chi connectivity index (χ3v) is 7.89. The van der Waals surface area contributed by atoms with Crippen molar-refractivity contribution in [3.8, 4) is 0 Å². The first kappa shape index (κ1) is 19.7. The van der Waals surface area contributed by atoms with Crippen molar-refractivity contribution in [1.82, 2.24) is 4.31 Å². The van der Waals surface area contributed by atoms with E-state index in [-0.39, 0.29) is 10.8 Å². The van der Waals surface area contributed by atoms with Gasteiger partial charge in [-0.25, -0.2) is 8.42 Å². The van der Waals surface area contributed by atoms with Crippen LogP contribution in [0.2, 0.25) is 5.02 Å². The molecule has 2 aromatic rings. The van der Waals surface area contributed by atoms with Gasteiger partial charge in [-0.05, 0) is 35.9 Å². The summed E-state index contributed by atoms with van der Waals surface area (Å²) in [5.74, 6) is 0.266. The molecule has 2 aromatic carbocycles. The first-order valence-corrected chi connectivity index (χ1v) is 11.6. The van der Waals surface area contributed by atoms with Gasteiger partial charge in [0.05, 0.1) is 36.1 Å². The molecule has 0 atom stereocenters. The average molecular weight is 439 g/mol. The highest BCUT2D eigenvalue weighted by atomic mass is 35.5. The van der Waals surface area contributed by atoms with E-state index < -0.39 is 10.0 Å². The van der Waals surface area contributed by atoms with Crippen LogP contribution in [0.15, 0.2) is 52.3 Å². The van der Waals surface area contributed by atoms with Gasteiger partial charge in [-0.1, -0.05) is 23.7 Å². The molecule has 0 N–H and O–H groups in total. The lowest BCUT2D eigenvalue weighted by atomic mass is 10.2. The topological polar surface area (TPSA) is 66.9 Å². The van der Waals surface area contributed by atoms with Crippen LogP contribution in [0.1, 0.15) is 5.56 Å². The van der Waals surface area contributed by atoms with Crippen molar-refractivity contribution in [1.29, 1.82) is 0 Å². The predicted molar refractivity (Wildman–Crippen MR) is 109 cm³/mol. The highest BCUT2D eigenvalue weighted by Gasteiger charge is 2.30. The number of sulfonamides is 1. The van der Waals surface area contributed by atoms with E-state index in [0.717, 1.165) is 10.5 Å². The maximum Gasteiger partial charge on any atom is 0.243 e. The molecular formula is C19H19ClN2O4S2. The van der Waals surface area contributed by atoms with Crippen LogP contribution in [0, 0.1) is 0 Å². The third-order valence-electron chi connectivity index (χ3n) is 4.71. The first-order valence-electron chi connectivity index (χ1n) is 8.85. The number of carbonyl (C=O) groups is 1. The smallest absolute Gasteiger partial charge is 0.243 e. The highest BCUT2D eigenvalue weighted by Crippen LogP contribution is 2.38. The van der Waals surface area contributed by atoms with Crippen LogP contribution in [-0.2, 0) is 26.1 Å². The minimum Gasteiger partial charge on any atom is -0.379 e. The molecule has 28 heavy (non-hydrogen) atoms. The van der Waals surface area contributed by atoms with Gasteiger partial charge in [0.1, 0.15) is 0 Å². The molecule has 0 unspecified atom stereocenters. The standard InChI is InChI=1S/C19H19ClN2O4S2/c20-15-3-1-2-14(10-15)12-22-17-11-16(4-5-18(17)27-13-19(22)23)28(24,25)21-6-8-26-9-7-21/h1-5,10-11H,6-9,12-13H2. The van der Waals surface area contributed by atoms with Gasteiger partial charge < -0.3 is 9.64 Å². The molecule has 1 saturated heterocycles. The number of hydrogen-bond donors (Lipinski definition) is 0. The van der Waals surface area contributed by atoms with Gasteiger partial charge in [0.25, 0.3) is 0 Å². The number of ether oxygens (including phenoxy) is 1. The number of benzene rings is 2. The van der Waals surface area contributed by atoms with Crippen molar-refractivity contribution in [2.75, 3.05) is 37.0 Å². The number of amides is 1. The Labute approximate surface area is 173 Å². The molecule has 0 bridgehead atoms. The quantitative estimate of drug-likeness (QED) is 0.734. The summed E-state index contributed by atoms with van der Waals surface area (Å²) in [6.07, 6.45) is 0. The molecule has 2 heterocycles. The Hall–Kier alpha value is -1.58. The maximum atomic E-state index is 13.0. The van der Waals surface area contributed by atoms with E-state index in [0.29, 0.717) is 49.3 Å². The lowest BCUT2D eigenvalue weighted by Gasteiger charge is -2.31. The van der Waals surface area contributed by atoms with E-state index in [2.05, 4.69) is 0 Å². The summed E-state index contributed by atoms with van der Waals surface area (Å²) < 4.78 is 32.7. The zero-order valence-corrected chi connectivity index (χ0v) is 17.4. The summed E-state index contributed by atoms with van der Waals surface area (Å²) in [7, 11) is -3.63. The Bertz CT molecular complexity index is 1010. The summed E-state index contributed by atoms with van der Waals surface area (Å²) in [6.45, 7) is 1.78. The Morgan fingerprint density at radius 2 is 1.89 bits per heavy atom. The van der Waals surface area contributed by atoms with Crippen LogP contribution in [0.25, 0.3) is 0 Å².